The first-order valence-corrected chi connectivity index (χ1v) is 12.5. The maximum atomic E-state index is 13.5. The molecule has 0 saturated heterocycles. The third-order valence-corrected chi connectivity index (χ3v) is 7.71. The molecule has 1 aliphatic heterocycles. The summed E-state index contributed by atoms with van der Waals surface area (Å²) in [5.74, 6) is -0.673. The lowest BCUT2D eigenvalue weighted by Gasteiger charge is -2.24. The molecule has 1 amide bonds. The zero-order chi connectivity index (χ0) is 25.2. The Labute approximate surface area is 204 Å². The van der Waals surface area contributed by atoms with Crippen LogP contribution in [0.15, 0.2) is 77.7 Å². The molecule has 1 heterocycles. The lowest BCUT2D eigenvalue weighted by Crippen LogP contribution is -2.35. The van der Waals surface area contributed by atoms with Crippen LogP contribution in [0.5, 0.6) is 5.75 Å². The van der Waals surface area contributed by atoms with Gasteiger partial charge in [0.1, 0.15) is 5.75 Å². The number of rotatable bonds is 7. The highest BCUT2D eigenvalue weighted by Gasteiger charge is 2.36. The van der Waals surface area contributed by atoms with Crippen molar-refractivity contribution in [2.24, 2.45) is 0 Å². The van der Waals surface area contributed by atoms with Crippen LogP contribution in [0.25, 0.3) is 0 Å². The molecule has 35 heavy (non-hydrogen) atoms. The van der Waals surface area contributed by atoms with Crippen molar-refractivity contribution in [1.29, 1.82) is 0 Å². The molecule has 8 nitrogen and oxygen atoms in total. The van der Waals surface area contributed by atoms with Gasteiger partial charge < -0.3 is 14.8 Å². The number of benzene rings is 3. The third-order valence-electron chi connectivity index (χ3n) is 5.78. The fourth-order valence-electron chi connectivity index (χ4n) is 4.00. The lowest BCUT2D eigenvalue weighted by atomic mass is 10.1. The largest absolute Gasteiger partial charge is 0.497 e. The number of hydrogen-bond donors (Lipinski definition) is 1. The number of esters is 1. The van der Waals surface area contributed by atoms with Crippen molar-refractivity contribution in [3.8, 4) is 5.75 Å². The van der Waals surface area contributed by atoms with E-state index >= 15 is 0 Å². The minimum absolute atomic E-state index is 0.0224. The topological polar surface area (TPSA) is 102 Å². The summed E-state index contributed by atoms with van der Waals surface area (Å²) >= 11 is 0. The Hall–Kier alpha value is -3.85. The maximum Gasteiger partial charge on any atom is 0.338 e. The molecule has 0 spiro atoms. The molecule has 0 aromatic heterocycles. The molecule has 0 fully saturated rings. The van der Waals surface area contributed by atoms with Crippen molar-refractivity contribution in [2.75, 3.05) is 16.7 Å². The Morgan fingerprint density at radius 3 is 2.46 bits per heavy atom. The molecular weight excluding hydrogens is 468 g/mol. The predicted octanol–water partition coefficient (Wildman–Crippen LogP) is 4.02. The Kier molecular flexibility index (Phi) is 6.79. The Morgan fingerprint density at radius 2 is 1.74 bits per heavy atom. The van der Waals surface area contributed by atoms with E-state index in [1.165, 1.54) is 35.5 Å². The summed E-state index contributed by atoms with van der Waals surface area (Å²) in [5.41, 5.74) is 2.15. The first-order chi connectivity index (χ1) is 16.7. The van der Waals surface area contributed by atoms with Gasteiger partial charge in [0.05, 0.1) is 23.3 Å². The van der Waals surface area contributed by atoms with Crippen LogP contribution < -0.4 is 14.4 Å². The summed E-state index contributed by atoms with van der Waals surface area (Å²) < 4.78 is 38.7. The second kappa shape index (κ2) is 9.79. The van der Waals surface area contributed by atoms with Crippen molar-refractivity contribution >= 4 is 33.3 Å². The van der Waals surface area contributed by atoms with E-state index in [2.05, 4.69) is 5.32 Å². The molecule has 3 aromatic rings. The monoisotopic (exact) mass is 494 g/mol. The van der Waals surface area contributed by atoms with Crippen LogP contribution in [0.3, 0.4) is 0 Å². The van der Waals surface area contributed by atoms with Crippen LogP contribution in [0.4, 0.5) is 11.4 Å². The number of carbonyl (C=O) groups is 2. The molecule has 0 bridgehead atoms. The first kappa shape index (κ1) is 24.3. The number of methoxy groups -OCH3 is 1. The molecule has 0 aliphatic carbocycles. The highest BCUT2D eigenvalue weighted by Crippen LogP contribution is 2.36. The normalized spacial score (nSPS) is 15.7. The zero-order valence-corrected chi connectivity index (χ0v) is 20.4. The van der Waals surface area contributed by atoms with E-state index in [0.717, 1.165) is 5.56 Å². The van der Waals surface area contributed by atoms with Gasteiger partial charge in [-0.25, -0.2) is 13.2 Å². The van der Waals surface area contributed by atoms with Crippen molar-refractivity contribution in [2.45, 2.75) is 37.3 Å². The number of anilines is 2. The van der Waals surface area contributed by atoms with Crippen LogP contribution in [-0.4, -0.2) is 39.5 Å². The SMILES string of the molecule is COc1ccc(NC(=O)C(C)OC(=O)c2cccc(S(=O)(=O)N3c4ccccc4CC3C)c2)cc1. The minimum atomic E-state index is -3.91. The van der Waals surface area contributed by atoms with Gasteiger partial charge in [0.25, 0.3) is 15.9 Å². The number of sulfonamides is 1. The van der Waals surface area contributed by atoms with E-state index in [1.54, 1.807) is 43.5 Å². The summed E-state index contributed by atoms with van der Waals surface area (Å²) in [6.07, 6.45) is -0.492. The van der Waals surface area contributed by atoms with Gasteiger partial charge >= 0.3 is 5.97 Å². The van der Waals surface area contributed by atoms with Crippen LogP contribution >= 0.6 is 0 Å². The van der Waals surface area contributed by atoms with E-state index in [1.807, 2.05) is 19.1 Å². The average molecular weight is 495 g/mol. The highest BCUT2D eigenvalue weighted by atomic mass is 32.2. The van der Waals surface area contributed by atoms with E-state index in [0.29, 0.717) is 23.5 Å². The second-order valence-corrected chi connectivity index (χ2v) is 10.1. The van der Waals surface area contributed by atoms with Gasteiger partial charge in [-0.1, -0.05) is 24.3 Å². The van der Waals surface area contributed by atoms with Crippen LogP contribution in [0.2, 0.25) is 0 Å². The van der Waals surface area contributed by atoms with Gasteiger partial charge in [-0.3, -0.25) is 9.10 Å². The van der Waals surface area contributed by atoms with Gasteiger partial charge in [-0.05, 0) is 74.4 Å². The number of nitrogens with one attached hydrogen (secondary N) is 1. The third kappa shape index (κ3) is 5.00. The molecule has 4 rings (SSSR count). The van der Waals surface area contributed by atoms with Crippen molar-refractivity contribution in [1.82, 2.24) is 0 Å². The second-order valence-electron chi connectivity index (χ2n) is 8.28. The average Bonchev–Trinajstić information content (AvgIpc) is 3.20. The summed E-state index contributed by atoms with van der Waals surface area (Å²) in [6, 6.07) is 19.5. The summed E-state index contributed by atoms with van der Waals surface area (Å²) in [5, 5.41) is 2.66. The molecule has 3 aromatic carbocycles. The zero-order valence-electron chi connectivity index (χ0n) is 19.6. The molecule has 0 saturated carbocycles. The predicted molar refractivity (Wildman–Crippen MR) is 132 cm³/mol. The van der Waals surface area contributed by atoms with Crippen LogP contribution in [-0.2, 0) is 26.0 Å². The Morgan fingerprint density at radius 1 is 1.03 bits per heavy atom. The van der Waals surface area contributed by atoms with E-state index in [4.69, 9.17) is 9.47 Å². The van der Waals surface area contributed by atoms with Crippen LogP contribution in [0.1, 0.15) is 29.8 Å². The number of para-hydroxylation sites is 1. The summed E-state index contributed by atoms with van der Waals surface area (Å²) in [6.45, 7) is 3.29. The van der Waals surface area contributed by atoms with Gasteiger partial charge in [-0.2, -0.15) is 0 Å². The fourth-order valence-corrected chi connectivity index (χ4v) is 5.74. The molecule has 9 heteroatoms. The van der Waals surface area contributed by atoms with E-state index in [9.17, 15) is 18.0 Å². The molecule has 2 atom stereocenters. The maximum absolute atomic E-state index is 13.5. The Balaban J connectivity index is 1.48. The number of ether oxygens (including phenoxy) is 2. The molecular formula is C26H26N2O6S. The number of hydrogen-bond acceptors (Lipinski definition) is 6. The van der Waals surface area contributed by atoms with Crippen molar-refractivity contribution in [3.63, 3.8) is 0 Å². The number of nitrogens with zero attached hydrogens (tertiary/aromatic N) is 1. The highest BCUT2D eigenvalue weighted by molar-refractivity contribution is 7.92. The van der Waals surface area contributed by atoms with Crippen molar-refractivity contribution < 1.29 is 27.5 Å². The number of carbonyl (C=O) groups excluding carboxylic acids is 2. The summed E-state index contributed by atoms with van der Waals surface area (Å²) in [4.78, 5) is 25.2. The fraction of sp³-hybridized carbons (Fsp3) is 0.231. The number of fused-ring (bicyclic) bond motifs is 1. The lowest BCUT2D eigenvalue weighted by molar-refractivity contribution is -0.123. The molecule has 1 aliphatic rings. The molecule has 182 valence electrons. The van der Waals surface area contributed by atoms with Gasteiger partial charge in [-0.15, -0.1) is 0 Å². The standard InChI is InChI=1S/C26H26N2O6S/c1-17-15-19-7-4-5-10-24(19)28(17)35(31,32)23-9-6-8-20(16-23)26(30)34-18(2)25(29)27-21-11-13-22(33-3)14-12-21/h4-14,16-18H,15H2,1-3H3,(H,27,29). The Bertz CT molecular complexity index is 1350. The number of amides is 1. The van der Waals surface area contributed by atoms with Gasteiger partial charge in [0, 0.05) is 11.7 Å². The molecule has 2 unspecified atom stereocenters. The minimum Gasteiger partial charge on any atom is -0.497 e. The smallest absolute Gasteiger partial charge is 0.338 e. The van der Waals surface area contributed by atoms with Crippen LogP contribution in [0, 0.1) is 0 Å². The summed E-state index contributed by atoms with van der Waals surface area (Å²) in [7, 11) is -2.37. The molecule has 0 radical (unpaired) electrons. The van der Waals surface area contributed by atoms with Gasteiger partial charge in [0.2, 0.25) is 0 Å². The first-order valence-electron chi connectivity index (χ1n) is 11.1. The molecule has 1 N–H and O–H groups in total. The quantitative estimate of drug-likeness (QED) is 0.498. The van der Waals surface area contributed by atoms with E-state index in [-0.39, 0.29) is 16.5 Å². The van der Waals surface area contributed by atoms with Gasteiger partial charge in [0.15, 0.2) is 6.10 Å². The van der Waals surface area contributed by atoms with E-state index < -0.39 is 28.0 Å². The van der Waals surface area contributed by atoms with Crippen molar-refractivity contribution in [3.05, 3.63) is 83.9 Å².